The van der Waals surface area contributed by atoms with E-state index >= 15 is 0 Å². The second kappa shape index (κ2) is 10.2. The predicted molar refractivity (Wildman–Crippen MR) is 122 cm³/mol. The van der Waals surface area contributed by atoms with Crippen molar-refractivity contribution in [2.75, 3.05) is 31.1 Å². The van der Waals surface area contributed by atoms with E-state index in [0.717, 1.165) is 42.3 Å². The van der Waals surface area contributed by atoms with Gasteiger partial charge in [-0.25, -0.2) is 4.39 Å². The molecule has 3 aromatic rings. The summed E-state index contributed by atoms with van der Waals surface area (Å²) in [4.78, 5) is 20.8. The molecule has 0 bridgehead atoms. The molecule has 34 heavy (non-hydrogen) atoms. The molecule has 4 rings (SSSR count). The third-order valence-electron chi connectivity index (χ3n) is 6.02. The first-order valence-electron chi connectivity index (χ1n) is 11.2. The average Bonchev–Trinajstić information content (AvgIpc) is 2.85. The Hall–Kier alpha value is -3.42. The number of hydrogen-bond donors (Lipinski definition) is 0. The highest BCUT2D eigenvalue weighted by Gasteiger charge is 2.36. The number of aromatic nitrogens is 1. The van der Waals surface area contributed by atoms with Gasteiger partial charge < -0.3 is 9.80 Å². The quantitative estimate of drug-likeness (QED) is 0.453. The number of halogens is 4. The molecule has 8 heteroatoms. The molecular formula is C26H25F4N3O. The third-order valence-corrected chi connectivity index (χ3v) is 6.02. The second-order valence-electron chi connectivity index (χ2n) is 8.31. The van der Waals surface area contributed by atoms with Gasteiger partial charge in [-0.3, -0.25) is 9.78 Å². The van der Waals surface area contributed by atoms with Crippen molar-refractivity contribution in [2.45, 2.75) is 25.4 Å². The minimum Gasteiger partial charge on any atom is -0.367 e. The lowest BCUT2D eigenvalue weighted by Crippen LogP contribution is -2.49. The molecule has 0 N–H and O–H groups in total. The van der Waals surface area contributed by atoms with Crippen molar-refractivity contribution in [3.63, 3.8) is 0 Å². The number of aryl methyl sites for hydroxylation is 2. The summed E-state index contributed by atoms with van der Waals surface area (Å²) in [6, 6.07) is 15.4. The molecule has 0 radical (unpaired) electrons. The number of anilines is 1. The van der Waals surface area contributed by atoms with Crippen LogP contribution in [-0.2, 0) is 19.0 Å². The fraction of sp³-hybridized carbons (Fsp3) is 0.308. The Morgan fingerprint density at radius 3 is 2.24 bits per heavy atom. The smallest absolute Gasteiger partial charge is 0.367 e. The Morgan fingerprint density at radius 1 is 0.882 bits per heavy atom. The van der Waals surface area contributed by atoms with Gasteiger partial charge in [0.2, 0.25) is 0 Å². The van der Waals surface area contributed by atoms with E-state index in [1.807, 2.05) is 12.1 Å². The fourth-order valence-corrected chi connectivity index (χ4v) is 4.13. The first kappa shape index (κ1) is 23.7. The molecule has 0 unspecified atom stereocenters. The summed E-state index contributed by atoms with van der Waals surface area (Å²) in [5.41, 5.74) is 1.76. The summed E-state index contributed by atoms with van der Waals surface area (Å²) in [6.45, 7) is 1.71. The lowest BCUT2D eigenvalue weighted by atomic mass is 10.1. The van der Waals surface area contributed by atoms with Crippen LogP contribution >= 0.6 is 0 Å². The SMILES string of the molecule is O=C(c1ccccc1C(F)(F)F)N1CCN(c2ccc(CCCc3ccc(F)cc3)nc2)CC1. The number of rotatable bonds is 6. The number of amides is 1. The van der Waals surface area contributed by atoms with Crippen molar-refractivity contribution < 1.29 is 22.4 Å². The van der Waals surface area contributed by atoms with Gasteiger partial charge >= 0.3 is 6.18 Å². The normalized spacial score (nSPS) is 14.4. The maximum Gasteiger partial charge on any atom is 0.417 e. The van der Waals surface area contributed by atoms with Gasteiger partial charge in [0.05, 0.1) is 23.0 Å². The largest absolute Gasteiger partial charge is 0.417 e. The predicted octanol–water partition coefficient (Wildman–Crippen LogP) is 5.38. The zero-order valence-electron chi connectivity index (χ0n) is 18.6. The molecule has 4 nitrogen and oxygen atoms in total. The highest BCUT2D eigenvalue weighted by molar-refractivity contribution is 5.96. The zero-order valence-corrected chi connectivity index (χ0v) is 18.6. The number of piperazine rings is 1. The molecule has 0 aliphatic carbocycles. The van der Waals surface area contributed by atoms with Crippen LogP contribution in [0.3, 0.4) is 0 Å². The van der Waals surface area contributed by atoms with Gasteiger partial charge in [0, 0.05) is 31.9 Å². The number of carbonyl (C=O) groups excluding carboxylic acids is 1. The lowest BCUT2D eigenvalue weighted by molar-refractivity contribution is -0.138. The molecule has 1 amide bonds. The Balaban J connectivity index is 1.29. The number of pyridine rings is 1. The average molecular weight is 471 g/mol. The van der Waals surface area contributed by atoms with Gasteiger partial charge in [-0.15, -0.1) is 0 Å². The van der Waals surface area contributed by atoms with Gasteiger partial charge in [0.25, 0.3) is 5.91 Å². The first-order valence-corrected chi connectivity index (χ1v) is 11.2. The highest BCUT2D eigenvalue weighted by atomic mass is 19.4. The van der Waals surface area contributed by atoms with E-state index in [2.05, 4.69) is 9.88 Å². The third kappa shape index (κ3) is 5.73. The van der Waals surface area contributed by atoms with Crippen LogP contribution in [-0.4, -0.2) is 42.0 Å². The molecule has 1 aliphatic rings. The topological polar surface area (TPSA) is 36.4 Å². The van der Waals surface area contributed by atoms with Crippen molar-refractivity contribution >= 4 is 11.6 Å². The van der Waals surface area contributed by atoms with Crippen LogP contribution in [0.4, 0.5) is 23.2 Å². The Morgan fingerprint density at radius 2 is 1.59 bits per heavy atom. The van der Waals surface area contributed by atoms with E-state index in [1.165, 1.54) is 35.2 Å². The number of alkyl halides is 3. The summed E-state index contributed by atoms with van der Waals surface area (Å²) in [5.74, 6) is -0.834. The maximum absolute atomic E-state index is 13.3. The Bertz CT molecular complexity index is 1110. The molecule has 1 aliphatic heterocycles. The van der Waals surface area contributed by atoms with Crippen LogP contribution in [0.2, 0.25) is 0 Å². The molecule has 178 valence electrons. The maximum atomic E-state index is 13.3. The molecule has 2 aromatic carbocycles. The number of benzene rings is 2. The van der Waals surface area contributed by atoms with Gasteiger partial charge in [0.1, 0.15) is 5.82 Å². The van der Waals surface area contributed by atoms with Crippen molar-refractivity contribution in [3.05, 3.63) is 95.1 Å². The molecule has 1 saturated heterocycles. The number of nitrogens with zero attached hydrogens (tertiary/aromatic N) is 3. The highest BCUT2D eigenvalue weighted by Crippen LogP contribution is 2.32. The molecule has 0 saturated carbocycles. The minimum absolute atomic E-state index is 0.239. The molecule has 0 spiro atoms. The van der Waals surface area contributed by atoms with E-state index in [9.17, 15) is 22.4 Å². The van der Waals surface area contributed by atoms with E-state index in [-0.39, 0.29) is 11.4 Å². The van der Waals surface area contributed by atoms with E-state index < -0.39 is 17.6 Å². The van der Waals surface area contributed by atoms with Crippen LogP contribution < -0.4 is 4.90 Å². The molecular weight excluding hydrogens is 446 g/mol. The van der Waals surface area contributed by atoms with E-state index in [4.69, 9.17) is 0 Å². The Kier molecular flexibility index (Phi) is 7.14. The van der Waals surface area contributed by atoms with Gasteiger partial charge in [0.15, 0.2) is 0 Å². The van der Waals surface area contributed by atoms with Crippen LogP contribution in [0.25, 0.3) is 0 Å². The van der Waals surface area contributed by atoms with Crippen molar-refractivity contribution in [1.82, 2.24) is 9.88 Å². The van der Waals surface area contributed by atoms with Crippen LogP contribution in [0.15, 0.2) is 66.9 Å². The van der Waals surface area contributed by atoms with Crippen molar-refractivity contribution in [3.8, 4) is 0 Å². The van der Waals surface area contributed by atoms with E-state index in [1.54, 1.807) is 18.3 Å². The molecule has 1 aromatic heterocycles. The van der Waals surface area contributed by atoms with Gasteiger partial charge in [-0.05, 0) is 61.2 Å². The molecule has 0 atom stereocenters. The fourth-order valence-electron chi connectivity index (χ4n) is 4.13. The molecule has 2 heterocycles. The monoisotopic (exact) mass is 471 g/mol. The summed E-state index contributed by atoms with van der Waals surface area (Å²) >= 11 is 0. The Labute approximate surface area is 195 Å². The van der Waals surface area contributed by atoms with Gasteiger partial charge in [-0.2, -0.15) is 13.2 Å². The van der Waals surface area contributed by atoms with E-state index in [0.29, 0.717) is 26.2 Å². The van der Waals surface area contributed by atoms with Crippen molar-refractivity contribution in [1.29, 1.82) is 0 Å². The summed E-state index contributed by atoms with van der Waals surface area (Å²) in [5, 5.41) is 0. The van der Waals surface area contributed by atoms with Crippen LogP contribution in [0, 0.1) is 5.82 Å². The summed E-state index contributed by atoms with van der Waals surface area (Å²) in [6.07, 6.45) is -0.224. The zero-order chi connectivity index (χ0) is 24.1. The second-order valence-corrected chi connectivity index (χ2v) is 8.31. The standard InChI is InChI=1S/C26H25F4N3O/c27-20-10-8-19(9-11-20)4-3-5-21-12-13-22(18-31-21)32-14-16-33(17-15-32)25(34)23-6-1-2-7-24(23)26(28,29)30/h1-2,6-13,18H,3-5,14-17H2. The minimum atomic E-state index is -4.57. The number of hydrogen-bond acceptors (Lipinski definition) is 3. The van der Waals surface area contributed by atoms with Crippen LogP contribution in [0.1, 0.15) is 33.6 Å². The van der Waals surface area contributed by atoms with Crippen LogP contribution in [0.5, 0.6) is 0 Å². The molecule has 1 fully saturated rings. The number of carbonyl (C=O) groups is 1. The van der Waals surface area contributed by atoms with Crippen molar-refractivity contribution in [2.24, 2.45) is 0 Å². The first-order chi connectivity index (χ1) is 16.3. The van der Waals surface area contributed by atoms with Gasteiger partial charge in [-0.1, -0.05) is 24.3 Å². The summed E-state index contributed by atoms with van der Waals surface area (Å²) in [7, 11) is 0. The lowest BCUT2D eigenvalue weighted by Gasteiger charge is -2.36. The summed E-state index contributed by atoms with van der Waals surface area (Å²) < 4.78 is 52.8.